The molecule has 84 heavy (non-hydrogen) atoms. The van der Waals surface area contributed by atoms with Gasteiger partial charge in [-0.05, 0) is 147 Å². The maximum absolute atomic E-state index is 9.97. The molecule has 0 N–H and O–H groups in total. The van der Waals surface area contributed by atoms with Gasteiger partial charge < -0.3 is 9.13 Å². The van der Waals surface area contributed by atoms with Gasteiger partial charge in [0.1, 0.15) is 0 Å². The number of nitriles is 1. The Labute approximate surface area is 485 Å². The molecule has 0 radical (unpaired) electrons. The van der Waals surface area contributed by atoms with Crippen molar-refractivity contribution in [3.05, 3.63) is 302 Å². The maximum atomic E-state index is 9.97. The standard InChI is InChI=1S/C77H47N7/c1-79-70-48-62(84-73-41-33-59(53-21-11-4-12-22-53)45-68(73)69-46-60(34-42-74(69)84)54-23-13-5-14-24-54)36-38-64(70)77-81-75(56-25-15-6-16-26-56)80-76(82-77)63-37-35-61(47-65(63)55-29-27-50(49-78)28-30-55)83-71-39-31-57(51-17-7-2-8-18-51)43-66(71)67-44-58(32-40-72(67)83)52-19-9-3-10-20-52/h2-48H. The molecule has 0 aliphatic rings. The van der Waals surface area contributed by atoms with Gasteiger partial charge in [0.25, 0.3) is 0 Å². The van der Waals surface area contributed by atoms with Gasteiger partial charge in [0.2, 0.25) is 0 Å². The van der Waals surface area contributed by atoms with Crippen LogP contribution in [0.1, 0.15) is 5.56 Å². The zero-order valence-corrected chi connectivity index (χ0v) is 45.3. The van der Waals surface area contributed by atoms with E-state index in [1.807, 2.05) is 91.0 Å². The highest BCUT2D eigenvalue weighted by Gasteiger charge is 2.23. The Balaban J connectivity index is 0.904. The van der Waals surface area contributed by atoms with Crippen LogP contribution in [0.5, 0.6) is 0 Å². The highest BCUT2D eigenvalue weighted by molar-refractivity contribution is 6.13. The monoisotopic (exact) mass is 1070 g/mol. The van der Waals surface area contributed by atoms with E-state index in [1.165, 1.54) is 0 Å². The third-order valence-electron chi connectivity index (χ3n) is 16.1. The fraction of sp³-hybridized carbons (Fsp3) is 0. The molecule has 0 saturated heterocycles. The lowest BCUT2D eigenvalue weighted by atomic mass is 9.97. The first-order valence-electron chi connectivity index (χ1n) is 27.9. The summed E-state index contributed by atoms with van der Waals surface area (Å²) < 4.78 is 4.60. The van der Waals surface area contributed by atoms with Crippen LogP contribution in [-0.2, 0) is 0 Å². The van der Waals surface area contributed by atoms with E-state index >= 15 is 0 Å². The molecule has 0 amide bonds. The van der Waals surface area contributed by atoms with Crippen LogP contribution in [0, 0.1) is 17.9 Å². The molecular weight excluding hydrogens is 1020 g/mol. The Bertz CT molecular complexity index is 4920. The third-order valence-corrected chi connectivity index (χ3v) is 16.1. The summed E-state index contributed by atoms with van der Waals surface area (Å²) in [6, 6.07) is 101. The van der Waals surface area contributed by atoms with Crippen molar-refractivity contribution in [1.82, 2.24) is 24.1 Å². The molecule has 7 heteroatoms. The van der Waals surface area contributed by atoms with Gasteiger partial charge in [0, 0.05) is 49.6 Å². The molecule has 0 bridgehead atoms. The van der Waals surface area contributed by atoms with Gasteiger partial charge in [-0.1, -0.05) is 194 Å². The van der Waals surface area contributed by atoms with Crippen molar-refractivity contribution in [2.24, 2.45) is 0 Å². The number of hydrogen-bond acceptors (Lipinski definition) is 4. The van der Waals surface area contributed by atoms with E-state index in [1.54, 1.807) is 0 Å². The molecule has 3 aromatic heterocycles. The number of nitrogens with zero attached hydrogens (tertiary/aromatic N) is 7. The average Bonchev–Trinajstić information content (AvgIpc) is 2.03. The molecule has 3 heterocycles. The molecule has 15 rings (SSSR count). The zero-order chi connectivity index (χ0) is 56.1. The topological polar surface area (TPSA) is 76.7 Å². The van der Waals surface area contributed by atoms with Crippen molar-refractivity contribution in [2.45, 2.75) is 0 Å². The summed E-state index contributed by atoms with van der Waals surface area (Å²) in [7, 11) is 0. The van der Waals surface area contributed by atoms with Gasteiger partial charge in [-0.2, -0.15) is 5.26 Å². The number of aromatic nitrogens is 5. The third kappa shape index (κ3) is 8.74. The molecule has 0 spiro atoms. The Hall–Kier alpha value is -11.8. The number of hydrogen-bond donors (Lipinski definition) is 0. The molecule has 0 atom stereocenters. The molecule has 0 unspecified atom stereocenters. The van der Waals surface area contributed by atoms with Gasteiger partial charge >= 0.3 is 0 Å². The van der Waals surface area contributed by atoms with Gasteiger partial charge in [0.05, 0.1) is 40.3 Å². The second kappa shape index (κ2) is 20.7. The largest absolute Gasteiger partial charge is 0.311 e. The summed E-state index contributed by atoms with van der Waals surface area (Å²) >= 11 is 0. The second-order valence-corrected chi connectivity index (χ2v) is 21.0. The van der Waals surface area contributed by atoms with E-state index < -0.39 is 0 Å². The van der Waals surface area contributed by atoms with Crippen LogP contribution in [-0.4, -0.2) is 24.1 Å². The van der Waals surface area contributed by atoms with Crippen molar-refractivity contribution in [3.8, 4) is 107 Å². The average molecular weight is 1070 g/mol. The van der Waals surface area contributed by atoms with Gasteiger partial charge in [0.15, 0.2) is 23.2 Å². The van der Waals surface area contributed by atoms with Crippen LogP contribution in [0.15, 0.2) is 285 Å². The quantitative estimate of drug-likeness (QED) is 0.128. The Morgan fingerprint density at radius 2 is 0.643 bits per heavy atom. The molecule has 12 aromatic carbocycles. The van der Waals surface area contributed by atoms with Crippen LogP contribution in [0.4, 0.5) is 5.69 Å². The van der Waals surface area contributed by atoms with E-state index in [0.29, 0.717) is 34.3 Å². The van der Waals surface area contributed by atoms with Crippen LogP contribution in [0.3, 0.4) is 0 Å². The Morgan fingerprint density at radius 1 is 0.298 bits per heavy atom. The molecule has 7 nitrogen and oxygen atoms in total. The minimum Gasteiger partial charge on any atom is -0.311 e. The molecule has 390 valence electrons. The van der Waals surface area contributed by atoms with Gasteiger partial charge in [-0.25, -0.2) is 19.8 Å². The minimum atomic E-state index is 0.374. The predicted molar refractivity (Wildman–Crippen MR) is 343 cm³/mol. The van der Waals surface area contributed by atoms with Crippen LogP contribution in [0.25, 0.3) is 150 Å². The molecule has 15 aromatic rings. The summed E-state index contributed by atoms with van der Waals surface area (Å²) in [5, 5.41) is 14.5. The highest BCUT2D eigenvalue weighted by atomic mass is 15.0. The molecule has 0 saturated carbocycles. The van der Waals surface area contributed by atoms with Crippen molar-refractivity contribution in [3.63, 3.8) is 0 Å². The second-order valence-electron chi connectivity index (χ2n) is 21.0. The lowest BCUT2D eigenvalue weighted by molar-refractivity contribution is 1.07. The van der Waals surface area contributed by atoms with E-state index in [9.17, 15) is 5.26 Å². The first kappa shape index (κ1) is 49.3. The van der Waals surface area contributed by atoms with E-state index in [2.05, 4.69) is 214 Å². The van der Waals surface area contributed by atoms with Crippen molar-refractivity contribution < 1.29 is 0 Å². The lowest BCUT2D eigenvalue weighted by Gasteiger charge is -2.16. The van der Waals surface area contributed by atoms with E-state index in [-0.39, 0.29) is 0 Å². The fourth-order valence-electron chi connectivity index (χ4n) is 11.9. The predicted octanol–water partition coefficient (Wildman–Crippen LogP) is 19.8. The smallest absolute Gasteiger partial charge is 0.200 e. The van der Waals surface area contributed by atoms with Gasteiger partial charge in [-0.3, -0.25) is 0 Å². The van der Waals surface area contributed by atoms with Crippen LogP contribution >= 0.6 is 0 Å². The number of benzene rings is 12. The van der Waals surface area contributed by atoms with Gasteiger partial charge in [-0.15, -0.1) is 0 Å². The van der Waals surface area contributed by atoms with Crippen LogP contribution < -0.4 is 0 Å². The summed E-state index contributed by atoms with van der Waals surface area (Å²) in [6.45, 7) is 8.78. The number of rotatable bonds is 10. The summed E-state index contributed by atoms with van der Waals surface area (Å²) in [5.74, 6) is 1.29. The summed E-state index contributed by atoms with van der Waals surface area (Å²) in [4.78, 5) is 20.0. The molecular formula is C77H47N7. The maximum Gasteiger partial charge on any atom is 0.200 e. The fourth-order valence-corrected chi connectivity index (χ4v) is 11.9. The minimum absolute atomic E-state index is 0.374. The first-order valence-corrected chi connectivity index (χ1v) is 27.9. The molecule has 0 fully saturated rings. The number of fused-ring (bicyclic) bond motifs is 6. The Kier molecular flexibility index (Phi) is 12.2. The summed E-state index contributed by atoms with van der Waals surface area (Å²) in [6.07, 6.45) is 0. The molecule has 0 aliphatic heterocycles. The van der Waals surface area contributed by atoms with Crippen molar-refractivity contribution in [2.75, 3.05) is 0 Å². The zero-order valence-electron chi connectivity index (χ0n) is 45.3. The van der Waals surface area contributed by atoms with E-state index in [0.717, 1.165) is 122 Å². The molecule has 0 aliphatic carbocycles. The highest BCUT2D eigenvalue weighted by Crippen LogP contribution is 2.43. The first-order chi connectivity index (χ1) is 41.5. The normalized spacial score (nSPS) is 11.3. The lowest BCUT2D eigenvalue weighted by Crippen LogP contribution is -2.02. The van der Waals surface area contributed by atoms with Crippen LogP contribution in [0.2, 0.25) is 0 Å². The van der Waals surface area contributed by atoms with Crippen molar-refractivity contribution >= 4 is 49.3 Å². The Morgan fingerprint density at radius 3 is 1.04 bits per heavy atom. The van der Waals surface area contributed by atoms with Crippen molar-refractivity contribution in [1.29, 1.82) is 5.26 Å². The SMILES string of the molecule is [C-]#[N+]c1cc(-n2c3ccc(-c4ccccc4)cc3c3cc(-c4ccccc4)ccc32)ccc1-c1nc(-c2ccccc2)nc(-c2ccc(-n3c4ccc(-c5ccccc5)cc4c4cc(-c5ccccc5)ccc43)cc2-c2ccc(C#N)cc2)n1. The van der Waals surface area contributed by atoms with E-state index in [4.69, 9.17) is 21.5 Å². The summed E-state index contributed by atoms with van der Waals surface area (Å²) in [5.41, 5.74) is 20.0.